The Bertz CT molecular complexity index is 1500. The second kappa shape index (κ2) is 11.8. The molecule has 1 atom stereocenters. The number of fused-ring (bicyclic) bond motifs is 1. The lowest BCUT2D eigenvalue weighted by Crippen LogP contribution is -2.44. The minimum absolute atomic E-state index is 0.244. The SMILES string of the molecule is C#Cc1ccc(OC)cc1.Cc1noc(=O)c2ccc(NC(=O)C(C)(O)CC(C)(C)c3ccccc3)cc12. The van der Waals surface area contributed by atoms with E-state index in [0.717, 1.165) is 16.9 Å². The zero-order valence-electron chi connectivity index (χ0n) is 22.2. The van der Waals surface area contributed by atoms with Gasteiger partial charge in [-0.05, 0) is 73.7 Å². The summed E-state index contributed by atoms with van der Waals surface area (Å²) in [4.78, 5) is 24.5. The number of aromatic nitrogens is 1. The molecule has 0 saturated heterocycles. The van der Waals surface area contributed by atoms with Gasteiger partial charge in [0.05, 0.1) is 18.2 Å². The monoisotopic (exact) mass is 512 g/mol. The summed E-state index contributed by atoms with van der Waals surface area (Å²) in [6, 6.07) is 22.0. The molecule has 0 radical (unpaired) electrons. The molecule has 7 nitrogen and oxygen atoms in total. The Balaban J connectivity index is 0.000000336. The molecule has 2 N–H and O–H groups in total. The Morgan fingerprint density at radius 1 is 1.05 bits per heavy atom. The van der Waals surface area contributed by atoms with Crippen molar-refractivity contribution in [2.24, 2.45) is 0 Å². The van der Waals surface area contributed by atoms with Crippen LogP contribution in [-0.2, 0) is 10.2 Å². The van der Waals surface area contributed by atoms with Gasteiger partial charge in [0.1, 0.15) is 11.4 Å². The number of carbonyl (C=O) groups excluding carboxylic acids is 1. The van der Waals surface area contributed by atoms with Crippen LogP contribution < -0.4 is 15.7 Å². The van der Waals surface area contributed by atoms with Gasteiger partial charge in [-0.25, -0.2) is 4.79 Å². The third kappa shape index (κ3) is 6.87. The predicted molar refractivity (Wildman–Crippen MR) is 149 cm³/mol. The van der Waals surface area contributed by atoms with Gasteiger partial charge in [-0.15, -0.1) is 6.42 Å². The predicted octanol–water partition coefficient (Wildman–Crippen LogP) is 5.23. The lowest BCUT2D eigenvalue weighted by molar-refractivity contribution is -0.134. The number of aryl methyl sites for hydroxylation is 1. The average molecular weight is 513 g/mol. The van der Waals surface area contributed by atoms with Gasteiger partial charge in [0.25, 0.3) is 5.91 Å². The van der Waals surface area contributed by atoms with Gasteiger partial charge < -0.3 is 19.7 Å². The summed E-state index contributed by atoms with van der Waals surface area (Å²) in [6.07, 6.45) is 5.39. The fourth-order valence-corrected chi connectivity index (χ4v) is 4.19. The van der Waals surface area contributed by atoms with E-state index in [0.29, 0.717) is 22.2 Å². The van der Waals surface area contributed by atoms with Gasteiger partial charge in [0.15, 0.2) is 0 Å². The molecule has 1 amide bonds. The number of anilines is 1. The van der Waals surface area contributed by atoms with Crippen LogP contribution in [0.15, 0.2) is 82.1 Å². The van der Waals surface area contributed by atoms with Crippen LogP contribution in [0.4, 0.5) is 5.69 Å². The first-order chi connectivity index (χ1) is 18.0. The first-order valence-electron chi connectivity index (χ1n) is 12.1. The van der Waals surface area contributed by atoms with Gasteiger partial charge in [-0.1, -0.05) is 55.3 Å². The third-order valence-electron chi connectivity index (χ3n) is 6.24. The number of amides is 1. The molecular formula is C31H32N2O5. The molecule has 3 aromatic carbocycles. The van der Waals surface area contributed by atoms with Crippen LogP contribution in [-0.4, -0.2) is 28.9 Å². The van der Waals surface area contributed by atoms with Crippen LogP contribution >= 0.6 is 0 Å². The highest BCUT2D eigenvalue weighted by molar-refractivity contribution is 5.99. The molecule has 1 heterocycles. The zero-order valence-corrected chi connectivity index (χ0v) is 22.2. The van der Waals surface area contributed by atoms with Gasteiger partial charge in [0, 0.05) is 16.6 Å². The van der Waals surface area contributed by atoms with E-state index in [4.69, 9.17) is 15.7 Å². The zero-order chi connectivity index (χ0) is 27.9. The Labute approximate surface area is 222 Å². The minimum atomic E-state index is -1.59. The molecule has 1 aromatic heterocycles. The van der Waals surface area contributed by atoms with Gasteiger partial charge in [-0.3, -0.25) is 4.79 Å². The number of hydrogen-bond donors (Lipinski definition) is 2. The number of nitrogens with zero attached hydrogens (tertiary/aromatic N) is 1. The average Bonchev–Trinajstić information content (AvgIpc) is 2.91. The maximum absolute atomic E-state index is 12.8. The van der Waals surface area contributed by atoms with E-state index in [1.54, 1.807) is 32.2 Å². The van der Waals surface area contributed by atoms with Crippen LogP contribution in [0, 0.1) is 19.3 Å². The molecule has 0 saturated carbocycles. The van der Waals surface area contributed by atoms with Crippen molar-refractivity contribution in [3.05, 3.63) is 100 Å². The number of terminal acetylenes is 1. The molecule has 0 aliphatic rings. The van der Waals surface area contributed by atoms with Crippen LogP contribution in [0.2, 0.25) is 0 Å². The molecule has 196 valence electrons. The van der Waals surface area contributed by atoms with Crippen LogP contribution in [0.3, 0.4) is 0 Å². The Hall–Kier alpha value is -4.41. The highest BCUT2D eigenvalue weighted by Gasteiger charge is 2.37. The van der Waals surface area contributed by atoms with Crippen LogP contribution in [0.25, 0.3) is 10.8 Å². The van der Waals surface area contributed by atoms with Crippen molar-refractivity contribution in [3.63, 3.8) is 0 Å². The number of methoxy groups -OCH3 is 1. The summed E-state index contributed by atoms with van der Waals surface area (Å²) >= 11 is 0. The summed E-state index contributed by atoms with van der Waals surface area (Å²) in [5, 5.41) is 18.3. The van der Waals surface area contributed by atoms with Crippen molar-refractivity contribution < 1.29 is 19.2 Å². The lowest BCUT2D eigenvalue weighted by Gasteiger charge is -2.33. The molecule has 7 heteroatoms. The highest BCUT2D eigenvalue weighted by atomic mass is 16.5. The van der Waals surface area contributed by atoms with Crippen molar-refractivity contribution >= 4 is 22.4 Å². The molecule has 38 heavy (non-hydrogen) atoms. The molecule has 0 spiro atoms. The fourth-order valence-electron chi connectivity index (χ4n) is 4.19. The smallest absolute Gasteiger partial charge is 0.366 e. The second-order valence-electron chi connectivity index (χ2n) is 9.84. The van der Waals surface area contributed by atoms with E-state index in [9.17, 15) is 14.7 Å². The molecule has 0 aliphatic carbocycles. The largest absolute Gasteiger partial charge is 0.497 e. The quantitative estimate of drug-likeness (QED) is 0.343. The fraction of sp³-hybridized carbons (Fsp3) is 0.258. The van der Waals surface area contributed by atoms with E-state index < -0.39 is 22.5 Å². The standard InChI is InChI=1S/C22H24N2O4.C9H8O/c1-14-18-12-16(10-11-17(18)19(25)28-24-14)23-20(26)22(4,27)13-21(2,3)15-8-6-5-7-9-15;1-3-8-4-6-9(10-2)7-5-8/h5-12,27H,13H2,1-4H3,(H,23,26);1,4-7H,2H3. The Morgan fingerprint density at radius 2 is 1.71 bits per heavy atom. The van der Waals surface area contributed by atoms with Crippen molar-refractivity contribution in [3.8, 4) is 18.1 Å². The van der Waals surface area contributed by atoms with E-state index in [2.05, 4.69) is 16.4 Å². The van der Waals surface area contributed by atoms with Crippen molar-refractivity contribution in [1.82, 2.24) is 5.16 Å². The topological polar surface area (TPSA) is 102 Å². The number of nitrogens with one attached hydrogen (secondary N) is 1. The van der Waals surface area contributed by atoms with Crippen molar-refractivity contribution in [1.29, 1.82) is 0 Å². The van der Waals surface area contributed by atoms with E-state index in [1.165, 1.54) is 6.92 Å². The molecule has 0 aliphatic heterocycles. The molecule has 0 fully saturated rings. The molecule has 1 unspecified atom stereocenters. The number of carbonyl (C=O) groups is 1. The summed E-state index contributed by atoms with van der Waals surface area (Å²) in [7, 11) is 1.63. The van der Waals surface area contributed by atoms with Crippen LogP contribution in [0.5, 0.6) is 5.75 Å². The molecule has 0 bridgehead atoms. The van der Waals surface area contributed by atoms with Crippen molar-refractivity contribution in [2.75, 3.05) is 12.4 Å². The summed E-state index contributed by atoms with van der Waals surface area (Å²) < 4.78 is 9.66. The Morgan fingerprint density at radius 3 is 2.32 bits per heavy atom. The molecule has 4 aromatic rings. The van der Waals surface area contributed by atoms with E-state index >= 15 is 0 Å². The second-order valence-corrected chi connectivity index (χ2v) is 9.84. The first-order valence-corrected chi connectivity index (χ1v) is 12.1. The van der Waals surface area contributed by atoms with Crippen LogP contribution in [0.1, 0.15) is 44.0 Å². The third-order valence-corrected chi connectivity index (χ3v) is 6.24. The van der Waals surface area contributed by atoms with Crippen molar-refractivity contribution in [2.45, 2.75) is 45.1 Å². The molecular weight excluding hydrogens is 480 g/mol. The van der Waals surface area contributed by atoms with E-state index in [-0.39, 0.29) is 6.42 Å². The van der Waals surface area contributed by atoms with E-state index in [1.807, 2.05) is 68.4 Å². The normalized spacial score (nSPS) is 12.4. The van der Waals surface area contributed by atoms with Gasteiger partial charge in [0.2, 0.25) is 0 Å². The Kier molecular flexibility index (Phi) is 8.72. The molecule has 4 rings (SSSR count). The maximum Gasteiger partial charge on any atom is 0.366 e. The number of hydrogen-bond acceptors (Lipinski definition) is 6. The maximum atomic E-state index is 12.8. The summed E-state index contributed by atoms with van der Waals surface area (Å²) in [6.45, 7) is 7.22. The summed E-state index contributed by atoms with van der Waals surface area (Å²) in [5.41, 5.74) is 0.425. The number of rotatable bonds is 6. The summed E-state index contributed by atoms with van der Waals surface area (Å²) in [5.74, 6) is 2.85. The highest BCUT2D eigenvalue weighted by Crippen LogP contribution is 2.33. The lowest BCUT2D eigenvalue weighted by atomic mass is 9.75. The number of benzene rings is 3. The van der Waals surface area contributed by atoms with Gasteiger partial charge in [-0.2, -0.15) is 0 Å². The first kappa shape index (κ1) is 28.2. The number of aliphatic hydroxyl groups is 1. The van der Waals surface area contributed by atoms with Gasteiger partial charge >= 0.3 is 5.63 Å². The number of ether oxygens (including phenoxy) is 1. The minimum Gasteiger partial charge on any atom is -0.497 e.